The SMILES string of the molecule is CCCC(C)OCC(=O)N(C)CCC#N. The molecule has 0 aromatic carbocycles. The minimum Gasteiger partial charge on any atom is -0.369 e. The van der Waals surface area contributed by atoms with Gasteiger partial charge in [-0.25, -0.2) is 0 Å². The van der Waals surface area contributed by atoms with Crippen LogP contribution in [0.15, 0.2) is 0 Å². The summed E-state index contributed by atoms with van der Waals surface area (Å²) in [7, 11) is 1.69. The Labute approximate surface area is 91.8 Å². The molecule has 0 aromatic heterocycles. The normalized spacial score (nSPS) is 11.9. The van der Waals surface area contributed by atoms with Gasteiger partial charge in [0.25, 0.3) is 0 Å². The average molecular weight is 212 g/mol. The quantitative estimate of drug-likeness (QED) is 0.643. The summed E-state index contributed by atoms with van der Waals surface area (Å²) in [6.45, 7) is 4.64. The molecule has 1 atom stereocenters. The average Bonchev–Trinajstić information content (AvgIpc) is 2.22. The van der Waals surface area contributed by atoms with E-state index in [0.29, 0.717) is 13.0 Å². The van der Waals surface area contributed by atoms with Crippen molar-refractivity contribution in [3.63, 3.8) is 0 Å². The van der Waals surface area contributed by atoms with Crippen molar-refractivity contribution in [2.75, 3.05) is 20.2 Å². The Hall–Kier alpha value is -1.08. The highest BCUT2D eigenvalue weighted by Crippen LogP contribution is 2.01. The fourth-order valence-corrected chi connectivity index (χ4v) is 1.16. The van der Waals surface area contributed by atoms with Crippen molar-refractivity contribution in [1.29, 1.82) is 5.26 Å². The maximum absolute atomic E-state index is 11.4. The molecule has 0 heterocycles. The smallest absolute Gasteiger partial charge is 0.248 e. The van der Waals surface area contributed by atoms with Gasteiger partial charge in [-0.3, -0.25) is 4.79 Å². The summed E-state index contributed by atoms with van der Waals surface area (Å²) in [6, 6.07) is 2.00. The molecule has 0 aliphatic heterocycles. The number of ether oxygens (including phenoxy) is 1. The predicted molar refractivity (Wildman–Crippen MR) is 58.2 cm³/mol. The van der Waals surface area contributed by atoms with Crippen molar-refractivity contribution in [3.05, 3.63) is 0 Å². The van der Waals surface area contributed by atoms with Gasteiger partial charge in [-0.1, -0.05) is 13.3 Å². The molecule has 1 amide bonds. The minimum atomic E-state index is -0.0618. The highest BCUT2D eigenvalue weighted by molar-refractivity contribution is 5.77. The number of hydrogen-bond donors (Lipinski definition) is 0. The van der Waals surface area contributed by atoms with Crippen molar-refractivity contribution in [2.24, 2.45) is 0 Å². The summed E-state index contributed by atoms with van der Waals surface area (Å²) >= 11 is 0. The van der Waals surface area contributed by atoms with E-state index in [-0.39, 0.29) is 18.6 Å². The van der Waals surface area contributed by atoms with Crippen molar-refractivity contribution < 1.29 is 9.53 Å². The molecule has 15 heavy (non-hydrogen) atoms. The first kappa shape index (κ1) is 13.9. The molecular formula is C11H20N2O2. The summed E-state index contributed by atoms with van der Waals surface area (Å²) < 4.78 is 5.37. The summed E-state index contributed by atoms with van der Waals surface area (Å²) in [5, 5.41) is 8.37. The first-order valence-corrected chi connectivity index (χ1v) is 5.34. The fraction of sp³-hybridized carbons (Fsp3) is 0.818. The van der Waals surface area contributed by atoms with E-state index in [4.69, 9.17) is 10.00 Å². The zero-order chi connectivity index (χ0) is 11.7. The number of amides is 1. The van der Waals surface area contributed by atoms with Crippen molar-refractivity contribution in [3.8, 4) is 6.07 Å². The third-order valence-corrected chi connectivity index (χ3v) is 2.17. The monoisotopic (exact) mass is 212 g/mol. The molecule has 0 saturated carbocycles. The van der Waals surface area contributed by atoms with Crippen LogP contribution in [0, 0.1) is 11.3 Å². The maximum atomic E-state index is 11.4. The Bertz CT molecular complexity index is 223. The van der Waals surface area contributed by atoms with Gasteiger partial charge in [0, 0.05) is 13.6 Å². The molecule has 0 saturated heterocycles. The number of rotatable bonds is 7. The zero-order valence-electron chi connectivity index (χ0n) is 9.82. The number of likely N-dealkylation sites (N-methyl/N-ethyl adjacent to an activating group) is 1. The van der Waals surface area contributed by atoms with Crippen molar-refractivity contribution >= 4 is 5.91 Å². The largest absolute Gasteiger partial charge is 0.369 e. The third kappa shape index (κ3) is 6.92. The Morgan fingerprint density at radius 2 is 2.27 bits per heavy atom. The van der Waals surface area contributed by atoms with Crippen molar-refractivity contribution in [1.82, 2.24) is 4.90 Å². The highest BCUT2D eigenvalue weighted by atomic mass is 16.5. The van der Waals surface area contributed by atoms with Gasteiger partial charge in [0.15, 0.2) is 0 Å². The van der Waals surface area contributed by atoms with Crippen molar-refractivity contribution in [2.45, 2.75) is 39.2 Å². The Morgan fingerprint density at radius 3 is 2.80 bits per heavy atom. The molecular weight excluding hydrogens is 192 g/mol. The predicted octanol–water partition coefficient (Wildman–Crippen LogP) is 1.56. The van der Waals surface area contributed by atoms with E-state index in [1.807, 2.05) is 13.0 Å². The highest BCUT2D eigenvalue weighted by Gasteiger charge is 2.10. The number of carbonyl (C=O) groups is 1. The first-order chi connectivity index (χ1) is 7.11. The van der Waals surface area contributed by atoms with Crippen LogP contribution in [-0.2, 0) is 9.53 Å². The molecule has 0 aliphatic carbocycles. The van der Waals surface area contributed by atoms with Gasteiger partial charge >= 0.3 is 0 Å². The van der Waals surface area contributed by atoms with Crippen LogP contribution in [0.25, 0.3) is 0 Å². The van der Waals surface area contributed by atoms with Crippen LogP contribution in [0.5, 0.6) is 0 Å². The lowest BCUT2D eigenvalue weighted by Gasteiger charge is -2.17. The molecule has 0 aliphatic rings. The summed E-state index contributed by atoms with van der Waals surface area (Å²) in [5.41, 5.74) is 0. The summed E-state index contributed by atoms with van der Waals surface area (Å²) in [6.07, 6.45) is 2.52. The van der Waals surface area contributed by atoms with Gasteiger partial charge in [-0.15, -0.1) is 0 Å². The van der Waals surface area contributed by atoms with E-state index in [1.165, 1.54) is 4.90 Å². The van der Waals surface area contributed by atoms with Crippen LogP contribution in [0.1, 0.15) is 33.1 Å². The Kier molecular flexibility index (Phi) is 7.65. The summed E-state index contributed by atoms with van der Waals surface area (Å²) in [5.74, 6) is -0.0618. The lowest BCUT2D eigenvalue weighted by molar-refractivity contribution is -0.136. The van der Waals surface area contributed by atoms with Crippen LogP contribution >= 0.6 is 0 Å². The van der Waals surface area contributed by atoms with Gasteiger partial charge in [-0.05, 0) is 13.3 Å². The number of carbonyl (C=O) groups excluding carboxylic acids is 1. The topological polar surface area (TPSA) is 53.3 Å². The molecule has 0 spiro atoms. The van der Waals surface area contributed by atoms with E-state index in [2.05, 4.69) is 6.92 Å². The molecule has 0 radical (unpaired) electrons. The fourth-order valence-electron chi connectivity index (χ4n) is 1.16. The lowest BCUT2D eigenvalue weighted by Crippen LogP contribution is -2.32. The second-order valence-electron chi connectivity index (χ2n) is 3.63. The Balaban J connectivity index is 3.68. The van der Waals surface area contributed by atoms with E-state index in [1.54, 1.807) is 7.05 Å². The second kappa shape index (κ2) is 8.25. The van der Waals surface area contributed by atoms with Gasteiger partial charge in [0.05, 0.1) is 18.6 Å². The zero-order valence-corrected chi connectivity index (χ0v) is 9.82. The minimum absolute atomic E-state index is 0.0618. The number of nitriles is 1. The molecule has 0 N–H and O–H groups in total. The maximum Gasteiger partial charge on any atom is 0.248 e. The number of hydrogen-bond acceptors (Lipinski definition) is 3. The van der Waals surface area contributed by atoms with Gasteiger partial charge in [0.1, 0.15) is 6.61 Å². The standard InChI is InChI=1S/C11H20N2O2/c1-4-6-10(2)15-9-11(14)13(3)8-5-7-12/h10H,4-6,8-9H2,1-3H3. The molecule has 0 fully saturated rings. The van der Waals surface area contributed by atoms with Crippen LogP contribution in [0.3, 0.4) is 0 Å². The van der Waals surface area contributed by atoms with Gasteiger partial charge in [0.2, 0.25) is 5.91 Å². The van der Waals surface area contributed by atoms with E-state index in [9.17, 15) is 4.79 Å². The van der Waals surface area contributed by atoms with Crippen LogP contribution in [-0.4, -0.2) is 37.1 Å². The molecule has 4 nitrogen and oxygen atoms in total. The van der Waals surface area contributed by atoms with E-state index in [0.717, 1.165) is 12.8 Å². The van der Waals surface area contributed by atoms with Crippen LogP contribution < -0.4 is 0 Å². The lowest BCUT2D eigenvalue weighted by atomic mass is 10.2. The van der Waals surface area contributed by atoms with E-state index >= 15 is 0 Å². The first-order valence-electron chi connectivity index (χ1n) is 5.34. The Morgan fingerprint density at radius 1 is 1.60 bits per heavy atom. The molecule has 0 aromatic rings. The van der Waals surface area contributed by atoms with Gasteiger partial charge < -0.3 is 9.64 Å². The third-order valence-electron chi connectivity index (χ3n) is 2.17. The van der Waals surface area contributed by atoms with Gasteiger partial charge in [-0.2, -0.15) is 5.26 Å². The molecule has 86 valence electrons. The van der Waals surface area contributed by atoms with Crippen LogP contribution in [0.2, 0.25) is 0 Å². The summed E-state index contributed by atoms with van der Waals surface area (Å²) in [4.78, 5) is 13.0. The second-order valence-corrected chi connectivity index (χ2v) is 3.63. The molecule has 0 bridgehead atoms. The van der Waals surface area contributed by atoms with Crippen LogP contribution in [0.4, 0.5) is 0 Å². The number of nitrogens with zero attached hydrogens (tertiary/aromatic N) is 2. The molecule has 4 heteroatoms. The molecule has 1 unspecified atom stereocenters. The van der Waals surface area contributed by atoms with E-state index < -0.39 is 0 Å². The molecule has 0 rings (SSSR count).